The van der Waals surface area contributed by atoms with Crippen LogP contribution >= 0.6 is 0 Å². The normalized spacial score (nSPS) is 17.8. The smallest absolute Gasteiger partial charge is 0.253 e. The van der Waals surface area contributed by atoms with Gasteiger partial charge in [-0.3, -0.25) is 4.79 Å². The first-order valence-electron chi connectivity index (χ1n) is 10.6. The standard InChI is InChI=1S/C22H34N2O3/c1-3-13-26-20-8-7-18(15-21(20)27-14-4-2)22(25)24-11-9-19(10-12-24)23-16-17-5-6-17/h7-8,15,17,19,23H,3-6,9-14,16H2,1-2H3. The van der Waals surface area contributed by atoms with Crippen LogP contribution in [0.2, 0.25) is 0 Å². The Morgan fingerprint density at radius 1 is 1.04 bits per heavy atom. The Balaban J connectivity index is 1.58. The van der Waals surface area contributed by atoms with Gasteiger partial charge >= 0.3 is 0 Å². The number of hydrogen-bond donors (Lipinski definition) is 1. The van der Waals surface area contributed by atoms with Crippen LogP contribution in [-0.2, 0) is 0 Å². The minimum Gasteiger partial charge on any atom is -0.490 e. The van der Waals surface area contributed by atoms with E-state index < -0.39 is 0 Å². The van der Waals surface area contributed by atoms with Gasteiger partial charge in [-0.25, -0.2) is 0 Å². The Bertz CT molecular complexity index is 608. The van der Waals surface area contributed by atoms with E-state index in [1.54, 1.807) is 0 Å². The van der Waals surface area contributed by atoms with Crippen molar-refractivity contribution in [1.29, 1.82) is 0 Å². The molecule has 0 radical (unpaired) electrons. The molecule has 2 aliphatic rings. The molecule has 1 saturated carbocycles. The zero-order chi connectivity index (χ0) is 19.1. The van der Waals surface area contributed by atoms with E-state index in [1.165, 1.54) is 12.8 Å². The summed E-state index contributed by atoms with van der Waals surface area (Å²) in [6, 6.07) is 6.14. The van der Waals surface area contributed by atoms with Crippen LogP contribution in [-0.4, -0.2) is 49.7 Å². The van der Waals surface area contributed by atoms with Gasteiger partial charge in [0.25, 0.3) is 5.91 Å². The van der Waals surface area contributed by atoms with Crippen LogP contribution in [0.1, 0.15) is 62.7 Å². The number of nitrogens with one attached hydrogen (secondary N) is 1. The average Bonchev–Trinajstić information content (AvgIpc) is 3.54. The monoisotopic (exact) mass is 374 g/mol. The Morgan fingerprint density at radius 2 is 1.70 bits per heavy atom. The Labute approximate surface area is 163 Å². The highest BCUT2D eigenvalue weighted by Gasteiger charge is 2.26. The van der Waals surface area contributed by atoms with Crippen LogP contribution in [0.4, 0.5) is 0 Å². The second-order valence-corrected chi connectivity index (χ2v) is 7.78. The fourth-order valence-corrected chi connectivity index (χ4v) is 3.42. The van der Waals surface area contributed by atoms with E-state index in [0.717, 1.165) is 57.0 Å². The summed E-state index contributed by atoms with van der Waals surface area (Å²) in [7, 11) is 0. The van der Waals surface area contributed by atoms with Crippen LogP contribution in [0.5, 0.6) is 11.5 Å². The van der Waals surface area contributed by atoms with Crippen molar-refractivity contribution in [3.8, 4) is 11.5 Å². The molecule has 0 bridgehead atoms. The van der Waals surface area contributed by atoms with Crippen LogP contribution in [0.3, 0.4) is 0 Å². The van der Waals surface area contributed by atoms with Crippen LogP contribution in [0.15, 0.2) is 18.2 Å². The van der Waals surface area contributed by atoms with Gasteiger partial charge in [-0.2, -0.15) is 0 Å². The van der Waals surface area contributed by atoms with Gasteiger partial charge in [-0.15, -0.1) is 0 Å². The molecule has 1 aliphatic carbocycles. The first-order chi connectivity index (χ1) is 13.2. The number of hydrogen-bond acceptors (Lipinski definition) is 4. The largest absolute Gasteiger partial charge is 0.490 e. The number of carbonyl (C=O) groups excluding carboxylic acids is 1. The summed E-state index contributed by atoms with van der Waals surface area (Å²) in [6.07, 6.45) is 6.70. The summed E-state index contributed by atoms with van der Waals surface area (Å²) >= 11 is 0. The highest BCUT2D eigenvalue weighted by Crippen LogP contribution is 2.30. The first kappa shape index (κ1) is 20.0. The van der Waals surface area contributed by atoms with Crippen LogP contribution in [0, 0.1) is 5.92 Å². The maximum atomic E-state index is 12.9. The molecule has 1 aromatic rings. The minimum absolute atomic E-state index is 0.0963. The number of piperidine rings is 1. The van der Waals surface area contributed by atoms with Crippen molar-refractivity contribution in [2.45, 2.75) is 58.4 Å². The van der Waals surface area contributed by atoms with Gasteiger partial charge in [0, 0.05) is 24.7 Å². The summed E-state index contributed by atoms with van der Waals surface area (Å²) in [6.45, 7) is 8.21. The van der Waals surface area contributed by atoms with Gasteiger partial charge < -0.3 is 19.7 Å². The topological polar surface area (TPSA) is 50.8 Å². The summed E-state index contributed by atoms with van der Waals surface area (Å²) in [5.74, 6) is 2.40. The van der Waals surface area contributed by atoms with E-state index in [9.17, 15) is 4.79 Å². The lowest BCUT2D eigenvalue weighted by molar-refractivity contribution is 0.0704. The molecular weight excluding hydrogens is 340 g/mol. The lowest BCUT2D eigenvalue weighted by Crippen LogP contribution is -2.45. The SMILES string of the molecule is CCCOc1ccc(C(=O)N2CCC(NCC3CC3)CC2)cc1OCCC. The lowest BCUT2D eigenvalue weighted by atomic mass is 10.0. The number of rotatable bonds is 10. The number of benzene rings is 1. The summed E-state index contributed by atoms with van der Waals surface area (Å²) in [5.41, 5.74) is 0.689. The van der Waals surface area contributed by atoms with Crippen LogP contribution < -0.4 is 14.8 Å². The molecule has 27 heavy (non-hydrogen) atoms. The summed E-state index contributed by atoms with van der Waals surface area (Å²) in [5, 5.41) is 3.67. The zero-order valence-corrected chi connectivity index (χ0v) is 16.8. The predicted molar refractivity (Wildman–Crippen MR) is 108 cm³/mol. The molecule has 0 atom stereocenters. The minimum atomic E-state index is 0.0963. The van der Waals surface area contributed by atoms with E-state index in [-0.39, 0.29) is 5.91 Å². The van der Waals surface area contributed by atoms with Crippen molar-refractivity contribution in [3.05, 3.63) is 23.8 Å². The Hall–Kier alpha value is -1.75. The average molecular weight is 375 g/mol. The molecule has 150 valence electrons. The molecule has 1 heterocycles. The molecule has 1 amide bonds. The number of likely N-dealkylation sites (tertiary alicyclic amines) is 1. The first-order valence-corrected chi connectivity index (χ1v) is 10.6. The summed E-state index contributed by atoms with van der Waals surface area (Å²) < 4.78 is 11.6. The van der Waals surface area contributed by atoms with Gasteiger partial charge in [0.1, 0.15) is 0 Å². The molecule has 5 heteroatoms. The number of ether oxygens (including phenoxy) is 2. The molecule has 1 N–H and O–H groups in total. The molecule has 0 unspecified atom stereocenters. The van der Waals surface area contributed by atoms with E-state index in [2.05, 4.69) is 19.2 Å². The number of nitrogens with zero attached hydrogens (tertiary/aromatic N) is 1. The van der Waals surface area contributed by atoms with E-state index >= 15 is 0 Å². The molecule has 2 fully saturated rings. The highest BCUT2D eigenvalue weighted by molar-refractivity contribution is 5.95. The maximum absolute atomic E-state index is 12.9. The van der Waals surface area contributed by atoms with Gasteiger partial charge in [-0.05, 0) is 69.2 Å². The lowest BCUT2D eigenvalue weighted by Gasteiger charge is -2.32. The van der Waals surface area contributed by atoms with E-state index in [4.69, 9.17) is 9.47 Å². The van der Waals surface area contributed by atoms with Crippen molar-refractivity contribution in [2.75, 3.05) is 32.8 Å². The zero-order valence-electron chi connectivity index (χ0n) is 16.8. The molecule has 1 aliphatic heterocycles. The van der Waals surface area contributed by atoms with Crippen molar-refractivity contribution in [3.63, 3.8) is 0 Å². The molecule has 3 rings (SSSR count). The maximum Gasteiger partial charge on any atom is 0.253 e. The highest BCUT2D eigenvalue weighted by atomic mass is 16.5. The fraction of sp³-hybridized carbons (Fsp3) is 0.682. The van der Waals surface area contributed by atoms with E-state index in [1.807, 2.05) is 23.1 Å². The van der Waals surface area contributed by atoms with Crippen LogP contribution in [0.25, 0.3) is 0 Å². The van der Waals surface area contributed by atoms with Crippen molar-refractivity contribution in [2.24, 2.45) is 5.92 Å². The van der Waals surface area contributed by atoms with Crippen molar-refractivity contribution < 1.29 is 14.3 Å². The third-order valence-corrected chi connectivity index (χ3v) is 5.29. The molecule has 1 aromatic carbocycles. The van der Waals surface area contributed by atoms with E-state index in [0.29, 0.717) is 30.6 Å². The quantitative estimate of drug-likeness (QED) is 0.675. The third-order valence-electron chi connectivity index (χ3n) is 5.29. The predicted octanol–water partition coefficient (Wildman–Crippen LogP) is 3.87. The molecule has 0 aromatic heterocycles. The number of carbonyl (C=O) groups is 1. The van der Waals surface area contributed by atoms with Gasteiger partial charge in [0.15, 0.2) is 11.5 Å². The second-order valence-electron chi connectivity index (χ2n) is 7.78. The molecular formula is C22H34N2O3. The fourth-order valence-electron chi connectivity index (χ4n) is 3.42. The van der Waals surface area contributed by atoms with Gasteiger partial charge in [-0.1, -0.05) is 13.8 Å². The van der Waals surface area contributed by atoms with Crippen molar-refractivity contribution >= 4 is 5.91 Å². The third kappa shape index (κ3) is 5.86. The molecule has 5 nitrogen and oxygen atoms in total. The number of amides is 1. The van der Waals surface area contributed by atoms with Gasteiger partial charge in [0.2, 0.25) is 0 Å². The Morgan fingerprint density at radius 3 is 2.33 bits per heavy atom. The Kier molecular flexibility index (Phi) is 7.39. The van der Waals surface area contributed by atoms with Gasteiger partial charge in [0.05, 0.1) is 13.2 Å². The molecule has 0 spiro atoms. The summed E-state index contributed by atoms with van der Waals surface area (Å²) in [4.78, 5) is 14.9. The molecule has 1 saturated heterocycles. The van der Waals surface area contributed by atoms with Crippen molar-refractivity contribution in [1.82, 2.24) is 10.2 Å². The second kappa shape index (κ2) is 9.98.